The number of hydrogen-bond acceptors (Lipinski definition) is 5. The highest BCUT2D eigenvalue weighted by molar-refractivity contribution is 7.89. The molecule has 0 bridgehead atoms. The molecule has 1 aromatic carbocycles. The Bertz CT molecular complexity index is 709. The van der Waals surface area contributed by atoms with E-state index in [0.29, 0.717) is 6.54 Å². The van der Waals surface area contributed by atoms with Gasteiger partial charge in [0.1, 0.15) is 6.07 Å². The van der Waals surface area contributed by atoms with Gasteiger partial charge in [0, 0.05) is 39.3 Å². The van der Waals surface area contributed by atoms with E-state index in [1.807, 2.05) is 13.0 Å². The van der Waals surface area contributed by atoms with Crippen molar-refractivity contribution >= 4 is 21.6 Å². The van der Waals surface area contributed by atoms with Crippen LogP contribution < -0.4 is 4.72 Å². The van der Waals surface area contributed by atoms with Gasteiger partial charge in [-0.05, 0) is 31.2 Å². The third-order valence-electron chi connectivity index (χ3n) is 4.16. The Hall–Kier alpha value is -1.17. The predicted octanol–water partition coefficient (Wildman–Crippen LogP) is 1.37. The van der Waals surface area contributed by atoms with Gasteiger partial charge in [-0.15, -0.1) is 0 Å². The Morgan fingerprint density at radius 1 is 1.33 bits per heavy atom. The summed E-state index contributed by atoms with van der Waals surface area (Å²) in [6, 6.07) is 6.05. The van der Waals surface area contributed by atoms with Crippen molar-refractivity contribution in [3.63, 3.8) is 0 Å². The molecule has 6 nitrogen and oxygen atoms in total. The van der Waals surface area contributed by atoms with Gasteiger partial charge in [-0.1, -0.05) is 18.5 Å². The molecule has 24 heavy (non-hydrogen) atoms. The fourth-order valence-electron chi connectivity index (χ4n) is 2.62. The maximum atomic E-state index is 12.4. The van der Waals surface area contributed by atoms with E-state index in [1.165, 1.54) is 18.2 Å². The first-order valence-electron chi connectivity index (χ1n) is 7.92. The minimum absolute atomic E-state index is 0.0818. The number of piperazine rings is 1. The lowest BCUT2D eigenvalue weighted by molar-refractivity contribution is 0.139. The van der Waals surface area contributed by atoms with Crippen molar-refractivity contribution in [1.29, 1.82) is 5.26 Å². The number of sulfonamides is 1. The largest absolute Gasteiger partial charge is 0.304 e. The first-order chi connectivity index (χ1) is 11.3. The molecule has 1 N–H and O–H groups in total. The summed E-state index contributed by atoms with van der Waals surface area (Å²) in [5, 5.41) is 9.00. The van der Waals surface area contributed by atoms with Crippen LogP contribution in [0.4, 0.5) is 0 Å². The maximum absolute atomic E-state index is 12.4. The highest BCUT2D eigenvalue weighted by Gasteiger charge is 2.19. The van der Waals surface area contributed by atoms with E-state index < -0.39 is 10.0 Å². The molecule has 0 spiro atoms. The standard InChI is InChI=1S/C16H23ClN4O2S/c1-13(12-21-7-5-20(2)6-8-21)11-19-24(22,23)15-4-3-14(10-18)16(17)9-15/h3-4,9,13,19H,5-8,11-12H2,1-2H3. The smallest absolute Gasteiger partial charge is 0.240 e. The van der Waals surface area contributed by atoms with Crippen LogP contribution in [0.3, 0.4) is 0 Å². The van der Waals surface area contributed by atoms with Gasteiger partial charge < -0.3 is 9.80 Å². The van der Waals surface area contributed by atoms with Crippen molar-refractivity contribution in [3.8, 4) is 6.07 Å². The summed E-state index contributed by atoms with van der Waals surface area (Å²) in [4.78, 5) is 4.73. The molecule has 0 amide bonds. The zero-order valence-corrected chi connectivity index (χ0v) is 15.6. The zero-order valence-electron chi connectivity index (χ0n) is 14.0. The van der Waals surface area contributed by atoms with Crippen LogP contribution in [0, 0.1) is 17.2 Å². The molecular weight excluding hydrogens is 348 g/mol. The number of halogens is 1. The van der Waals surface area contributed by atoms with Crippen molar-refractivity contribution in [1.82, 2.24) is 14.5 Å². The Morgan fingerprint density at radius 3 is 2.58 bits per heavy atom. The lowest BCUT2D eigenvalue weighted by Crippen LogP contribution is -2.46. The minimum Gasteiger partial charge on any atom is -0.304 e. The van der Waals surface area contributed by atoms with E-state index in [-0.39, 0.29) is 21.4 Å². The molecule has 132 valence electrons. The number of nitrogens with zero attached hydrogens (tertiary/aromatic N) is 3. The molecular formula is C16H23ClN4O2S. The molecule has 1 saturated heterocycles. The van der Waals surface area contributed by atoms with Gasteiger partial charge in [0.2, 0.25) is 10.0 Å². The fraction of sp³-hybridized carbons (Fsp3) is 0.562. The van der Waals surface area contributed by atoms with Gasteiger partial charge in [0.25, 0.3) is 0 Å². The van der Waals surface area contributed by atoms with Crippen molar-refractivity contribution in [2.45, 2.75) is 11.8 Å². The van der Waals surface area contributed by atoms with Gasteiger partial charge in [0.15, 0.2) is 0 Å². The Morgan fingerprint density at radius 2 is 2.00 bits per heavy atom. The van der Waals surface area contributed by atoms with Gasteiger partial charge in [0.05, 0.1) is 15.5 Å². The van der Waals surface area contributed by atoms with E-state index in [9.17, 15) is 8.42 Å². The first kappa shape index (κ1) is 19.2. The summed E-state index contributed by atoms with van der Waals surface area (Å²) in [5.41, 5.74) is 0.263. The Balaban J connectivity index is 1.90. The van der Waals surface area contributed by atoms with Gasteiger partial charge in [-0.25, -0.2) is 13.1 Å². The molecule has 1 unspecified atom stereocenters. The monoisotopic (exact) mass is 370 g/mol. The number of hydrogen-bond donors (Lipinski definition) is 1. The molecule has 0 aromatic heterocycles. The lowest BCUT2D eigenvalue weighted by Gasteiger charge is -2.33. The first-order valence-corrected chi connectivity index (χ1v) is 9.78. The average molecular weight is 371 g/mol. The summed E-state index contributed by atoms with van der Waals surface area (Å²) < 4.78 is 27.3. The van der Waals surface area contributed by atoms with Crippen LogP contribution in [0.15, 0.2) is 23.1 Å². The molecule has 1 heterocycles. The molecule has 0 aliphatic carbocycles. The second kappa shape index (κ2) is 8.28. The molecule has 1 aliphatic rings. The number of likely N-dealkylation sites (N-methyl/N-ethyl adjacent to an activating group) is 1. The molecule has 1 aromatic rings. The summed E-state index contributed by atoms with van der Waals surface area (Å²) in [6.45, 7) is 7.38. The quantitative estimate of drug-likeness (QED) is 0.818. The molecule has 1 atom stereocenters. The van der Waals surface area contributed by atoms with Crippen LogP contribution in [0.25, 0.3) is 0 Å². The number of nitrogens with one attached hydrogen (secondary N) is 1. The number of rotatable bonds is 6. The highest BCUT2D eigenvalue weighted by atomic mass is 35.5. The third kappa shape index (κ3) is 5.16. The van der Waals surface area contributed by atoms with Crippen LogP contribution in [-0.2, 0) is 10.0 Å². The maximum Gasteiger partial charge on any atom is 0.240 e. The van der Waals surface area contributed by atoms with Crippen LogP contribution in [-0.4, -0.2) is 64.5 Å². The summed E-state index contributed by atoms with van der Waals surface area (Å²) in [6.07, 6.45) is 0. The van der Waals surface area contributed by atoms with E-state index in [2.05, 4.69) is 21.6 Å². The molecule has 0 radical (unpaired) electrons. The fourth-order valence-corrected chi connectivity index (χ4v) is 4.10. The molecule has 1 fully saturated rings. The normalized spacial score (nSPS) is 18.2. The van der Waals surface area contributed by atoms with E-state index >= 15 is 0 Å². The molecule has 1 aliphatic heterocycles. The van der Waals surface area contributed by atoms with Gasteiger partial charge in [-0.3, -0.25) is 0 Å². The third-order valence-corrected chi connectivity index (χ3v) is 5.89. The van der Waals surface area contributed by atoms with E-state index in [0.717, 1.165) is 32.7 Å². The lowest BCUT2D eigenvalue weighted by atomic mass is 10.1. The number of benzene rings is 1. The second-order valence-corrected chi connectivity index (χ2v) is 8.49. The SMILES string of the molecule is CC(CNS(=O)(=O)c1ccc(C#N)c(Cl)c1)CN1CCN(C)CC1. The van der Waals surface area contributed by atoms with Crippen molar-refractivity contribution < 1.29 is 8.42 Å². The summed E-state index contributed by atoms with van der Waals surface area (Å²) >= 11 is 5.91. The van der Waals surface area contributed by atoms with Crippen LogP contribution in [0.1, 0.15) is 12.5 Å². The molecule has 0 saturated carbocycles. The Labute approximate surface area is 149 Å². The van der Waals surface area contributed by atoms with E-state index in [1.54, 1.807) is 0 Å². The van der Waals surface area contributed by atoms with Gasteiger partial charge >= 0.3 is 0 Å². The number of nitriles is 1. The zero-order chi connectivity index (χ0) is 17.7. The summed E-state index contributed by atoms with van der Waals surface area (Å²) in [5.74, 6) is 0.206. The molecule has 8 heteroatoms. The highest BCUT2D eigenvalue weighted by Crippen LogP contribution is 2.20. The predicted molar refractivity (Wildman–Crippen MR) is 94.5 cm³/mol. The van der Waals surface area contributed by atoms with Crippen LogP contribution in [0.5, 0.6) is 0 Å². The Kier molecular flexibility index (Phi) is 6.61. The topological polar surface area (TPSA) is 76.4 Å². The second-order valence-electron chi connectivity index (χ2n) is 6.31. The minimum atomic E-state index is -3.62. The summed E-state index contributed by atoms with van der Waals surface area (Å²) in [7, 11) is -1.51. The van der Waals surface area contributed by atoms with Gasteiger partial charge in [-0.2, -0.15) is 5.26 Å². The van der Waals surface area contributed by atoms with Crippen molar-refractivity contribution in [3.05, 3.63) is 28.8 Å². The molecule has 2 rings (SSSR count). The average Bonchev–Trinajstić information content (AvgIpc) is 2.55. The van der Waals surface area contributed by atoms with Crippen LogP contribution >= 0.6 is 11.6 Å². The van der Waals surface area contributed by atoms with Crippen molar-refractivity contribution in [2.75, 3.05) is 46.3 Å². The van der Waals surface area contributed by atoms with Crippen LogP contribution in [0.2, 0.25) is 5.02 Å². The van der Waals surface area contributed by atoms with E-state index in [4.69, 9.17) is 16.9 Å². The van der Waals surface area contributed by atoms with Crippen molar-refractivity contribution in [2.24, 2.45) is 5.92 Å².